The molecular weight excluding hydrogens is 240 g/mol. The fourth-order valence-corrected chi connectivity index (χ4v) is 2.66. The molecule has 0 heteroatoms. The first-order chi connectivity index (χ1) is 9.58. The summed E-state index contributed by atoms with van der Waals surface area (Å²) in [5, 5.41) is 0. The Hall–Kier alpha value is -1.82. The molecule has 2 aromatic rings. The Labute approximate surface area is 123 Å². The zero-order valence-electron chi connectivity index (χ0n) is 12.8. The Morgan fingerprint density at radius 3 is 2.00 bits per heavy atom. The lowest BCUT2D eigenvalue weighted by Crippen LogP contribution is -2.06. The van der Waals surface area contributed by atoms with Crippen LogP contribution in [0.15, 0.2) is 66.7 Å². The van der Waals surface area contributed by atoms with Crippen LogP contribution in [0.25, 0.3) is 11.1 Å². The molecule has 2 aromatic carbocycles. The lowest BCUT2D eigenvalue weighted by Gasteiger charge is -2.20. The minimum absolute atomic E-state index is 0.566. The average molecular weight is 264 g/mol. The number of rotatable bonds is 5. The summed E-state index contributed by atoms with van der Waals surface area (Å²) in [5.74, 6) is 1.20. The molecule has 0 heterocycles. The molecule has 0 aliphatic rings. The molecule has 0 aromatic heterocycles. The smallest absolute Gasteiger partial charge is 0.0162 e. The van der Waals surface area contributed by atoms with Crippen molar-refractivity contribution in [1.82, 2.24) is 0 Å². The molecule has 2 atom stereocenters. The third kappa shape index (κ3) is 3.60. The zero-order chi connectivity index (χ0) is 14.5. The summed E-state index contributed by atoms with van der Waals surface area (Å²) in [6.45, 7) is 10.8. The lowest BCUT2D eigenvalue weighted by atomic mass is 9.84. The van der Waals surface area contributed by atoms with E-state index in [4.69, 9.17) is 0 Å². The van der Waals surface area contributed by atoms with Crippen molar-refractivity contribution in [3.8, 4) is 11.1 Å². The van der Waals surface area contributed by atoms with Gasteiger partial charge in [0.15, 0.2) is 0 Å². The fourth-order valence-electron chi connectivity index (χ4n) is 2.66. The predicted molar refractivity (Wildman–Crippen MR) is 88.9 cm³/mol. The molecule has 20 heavy (non-hydrogen) atoms. The summed E-state index contributed by atoms with van der Waals surface area (Å²) in [6, 6.07) is 19.5. The largest absolute Gasteiger partial charge is 0.100 e. The molecule has 0 fully saturated rings. The van der Waals surface area contributed by atoms with E-state index in [2.05, 4.69) is 81.9 Å². The van der Waals surface area contributed by atoms with Crippen LogP contribution in [0.5, 0.6) is 0 Å². The van der Waals surface area contributed by atoms with Crippen molar-refractivity contribution >= 4 is 0 Å². The van der Waals surface area contributed by atoms with Crippen LogP contribution in [0.4, 0.5) is 0 Å². The monoisotopic (exact) mass is 264 g/mol. The fraction of sp³-hybridized carbons (Fsp3) is 0.300. The molecule has 0 bridgehead atoms. The van der Waals surface area contributed by atoms with Gasteiger partial charge in [-0.3, -0.25) is 0 Å². The summed E-state index contributed by atoms with van der Waals surface area (Å²) >= 11 is 0. The molecule has 0 spiro atoms. The van der Waals surface area contributed by atoms with E-state index in [9.17, 15) is 0 Å². The molecule has 0 saturated heterocycles. The van der Waals surface area contributed by atoms with Crippen LogP contribution in [0, 0.1) is 5.92 Å². The van der Waals surface area contributed by atoms with Crippen LogP contribution in [0.3, 0.4) is 0 Å². The Morgan fingerprint density at radius 1 is 0.900 bits per heavy atom. The summed E-state index contributed by atoms with van der Waals surface area (Å²) in [6.07, 6.45) is 1.10. The van der Waals surface area contributed by atoms with Crippen LogP contribution in [-0.4, -0.2) is 0 Å². The second-order valence-corrected chi connectivity index (χ2v) is 5.92. The SMILES string of the molecule is C=C(C)CC(C)C(C)c1ccc(-c2ccccc2)cc1. The molecule has 0 N–H and O–H groups in total. The Kier molecular flexibility index (Phi) is 4.79. The van der Waals surface area contributed by atoms with E-state index in [1.165, 1.54) is 22.3 Å². The van der Waals surface area contributed by atoms with Crippen molar-refractivity contribution in [3.05, 3.63) is 72.3 Å². The number of benzene rings is 2. The number of hydrogen-bond acceptors (Lipinski definition) is 0. The van der Waals surface area contributed by atoms with Crippen molar-refractivity contribution in [2.24, 2.45) is 5.92 Å². The standard InChI is InChI=1S/C20H24/c1-15(2)14-16(3)17(4)18-10-12-20(13-11-18)19-8-6-5-7-9-19/h5-13,16-17H,1,14H2,2-4H3. The van der Waals surface area contributed by atoms with E-state index in [1.54, 1.807) is 0 Å². The van der Waals surface area contributed by atoms with Gasteiger partial charge in [0.2, 0.25) is 0 Å². The topological polar surface area (TPSA) is 0 Å². The van der Waals surface area contributed by atoms with Crippen molar-refractivity contribution in [2.75, 3.05) is 0 Å². The summed E-state index contributed by atoms with van der Waals surface area (Å²) in [5.41, 5.74) is 5.25. The Balaban J connectivity index is 2.14. The molecule has 0 saturated carbocycles. The minimum Gasteiger partial charge on any atom is -0.100 e. The summed E-state index contributed by atoms with van der Waals surface area (Å²) in [7, 11) is 0. The highest BCUT2D eigenvalue weighted by Crippen LogP contribution is 2.30. The second-order valence-electron chi connectivity index (χ2n) is 5.92. The summed E-state index contributed by atoms with van der Waals surface area (Å²) in [4.78, 5) is 0. The number of allylic oxidation sites excluding steroid dienone is 1. The van der Waals surface area contributed by atoms with Gasteiger partial charge in [-0.1, -0.05) is 74.0 Å². The highest BCUT2D eigenvalue weighted by molar-refractivity contribution is 5.63. The van der Waals surface area contributed by atoms with Crippen LogP contribution < -0.4 is 0 Å². The van der Waals surface area contributed by atoms with E-state index in [-0.39, 0.29) is 0 Å². The van der Waals surface area contributed by atoms with Gasteiger partial charge in [0, 0.05) is 0 Å². The number of hydrogen-bond donors (Lipinski definition) is 0. The van der Waals surface area contributed by atoms with Crippen LogP contribution >= 0.6 is 0 Å². The Bertz CT molecular complexity index is 548. The van der Waals surface area contributed by atoms with Gasteiger partial charge < -0.3 is 0 Å². The van der Waals surface area contributed by atoms with Crippen LogP contribution in [-0.2, 0) is 0 Å². The molecule has 104 valence electrons. The molecule has 2 rings (SSSR count). The van der Waals surface area contributed by atoms with Gasteiger partial charge in [-0.15, -0.1) is 6.58 Å². The van der Waals surface area contributed by atoms with Crippen LogP contribution in [0.1, 0.15) is 38.7 Å². The quantitative estimate of drug-likeness (QED) is 0.576. The molecule has 0 radical (unpaired) electrons. The van der Waals surface area contributed by atoms with Crippen LogP contribution in [0.2, 0.25) is 0 Å². The first kappa shape index (κ1) is 14.6. The van der Waals surface area contributed by atoms with Gasteiger partial charge in [-0.05, 0) is 41.9 Å². The maximum absolute atomic E-state index is 4.02. The third-order valence-electron chi connectivity index (χ3n) is 4.07. The summed E-state index contributed by atoms with van der Waals surface area (Å²) < 4.78 is 0. The normalized spacial score (nSPS) is 13.8. The van der Waals surface area contributed by atoms with E-state index in [0.29, 0.717) is 11.8 Å². The maximum Gasteiger partial charge on any atom is -0.0162 e. The molecule has 0 nitrogen and oxygen atoms in total. The van der Waals surface area contributed by atoms with E-state index < -0.39 is 0 Å². The second kappa shape index (κ2) is 6.56. The van der Waals surface area contributed by atoms with Gasteiger partial charge >= 0.3 is 0 Å². The molecule has 0 amide bonds. The first-order valence-electron chi connectivity index (χ1n) is 7.37. The van der Waals surface area contributed by atoms with Gasteiger partial charge in [0.25, 0.3) is 0 Å². The van der Waals surface area contributed by atoms with E-state index >= 15 is 0 Å². The average Bonchev–Trinajstić information content (AvgIpc) is 2.47. The highest BCUT2D eigenvalue weighted by Gasteiger charge is 2.14. The lowest BCUT2D eigenvalue weighted by molar-refractivity contribution is 0.484. The first-order valence-corrected chi connectivity index (χ1v) is 7.37. The van der Waals surface area contributed by atoms with Gasteiger partial charge in [0.1, 0.15) is 0 Å². The molecule has 0 aliphatic heterocycles. The van der Waals surface area contributed by atoms with Gasteiger partial charge in [0.05, 0.1) is 0 Å². The molecular formula is C20H24. The minimum atomic E-state index is 0.566. The highest BCUT2D eigenvalue weighted by atomic mass is 14.2. The molecule has 2 unspecified atom stereocenters. The van der Waals surface area contributed by atoms with E-state index in [1.807, 2.05) is 0 Å². The van der Waals surface area contributed by atoms with E-state index in [0.717, 1.165) is 6.42 Å². The van der Waals surface area contributed by atoms with Gasteiger partial charge in [-0.2, -0.15) is 0 Å². The van der Waals surface area contributed by atoms with Gasteiger partial charge in [-0.25, -0.2) is 0 Å². The predicted octanol–water partition coefficient (Wildman–Crippen LogP) is 6.06. The maximum atomic E-state index is 4.02. The van der Waals surface area contributed by atoms with Crippen molar-refractivity contribution in [3.63, 3.8) is 0 Å². The van der Waals surface area contributed by atoms with Crippen molar-refractivity contribution in [2.45, 2.75) is 33.1 Å². The van der Waals surface area contributed by atoms with Crippen molar-refractivity contribution < 1.29 is 0 Å². The van der Waals surface area contributed by atoms with Crippen molar-refractivity contribution in [1.29, 1.82) is 0 Å². The zero-order valence-corrected chi connectivity index (χ0v) is 12.8. The molecule has 0 aliphatic carbocycles. The third-order valence-corrected chi connectivity index (χ3v) is 4.07. The Morgan fingerprint density at radius 2 is 1.45 bits per heavy atom.